The molecule has 2 aromatic rings. The molecule has 2 N–H and O–H groups in total. The van der Waals surface area contributed by atoms with E-state index in [9.17, 15) is 0 Å². The predicted octanol–water partition coefficient (Wildman–Crippen LogP) is 4.23. The molecule has 1 aromatic carbocycles. The van der Waals surface area contributed by atoms with Crippen LogP contribution in [0.5, 0.6) is 0 Å². The molecule has 1 aromatic heterocycles. The molecule has 108 valence electrons. The Bertz CT molecular complexity index is 548. The van der Waals surface area contributed by atoms with Crippen LogP contribution in [0.1, 0.15) is 29.0 Å². The van der Waals surface area contributed by atoms with E-state index >= 15 is 0 Å². The molecule has 0 saturated heterocycles. The summed E-state index contributed by atoms with van der Waals surface area (Å²) in [7, 11) is 2.13. The molecule has 0 fully saturated rings. The standard InChI is InChI=1S/C16H21ClN2S/c1-11-8-9-20-16(11)15(12(2)18)19(3)10-13-4-6-14(17)7-5-13/h4-9,12,15H,10,18H2,1-3H3. The van der Waals surface area contributed by atoms with Gasteiger partial charge in [-0.15, -0.1) is 11.3 Å². The highest BCUT2D eigenvalue weighted by Crippen LogP contribution is 2.31. The van der Waals surface area contributed by atoms with Crippen molar-refractivity contribution in [1.82, 2.24) is 4.90 Å². The Morgan fingerprint density at radius 2 is 1.90 bits per heavy atom. The Labute approximate surface area is 130 Å². The molecule has 0 aliphatic rings. The van der Waals surface area contributed by atoms with Crippen LogP contribution in [0.2, 0.25) is 5.02 Å². The third-order valence-electron chi connectivity index (χ3n) is 3.49. The van der Waals surface area contributed by atoms with Crippen molar-refractivity contribution in [1.29, 1.82) is 0 Å². The van der Waals surface area contributed by atoms with Crippen LogP contribution in [-0.4, -0.2) is 18.0 Å². The Kier molecular flexibility index (Phi) is 5.22. The van der Waals surface area contributed by atoms with Gasteiger partial charge >= 0.3 is 0 Å². The lowest BCUT2D eigenvalue weighted by Gasteiger charge is -2.31. The van der Waals surface area contributed by atoms with E-state index in [1.165, 1.54) is 16.0 Å². The molecule has 2 atom stereocenters. The van der Waals surface area contributed by atoms with E-state index in [4.69, 9.17) is 17.3 Å². The van der Waals surface area contributed by atoms with Gasteiger partial charge in [-0.2, -0.15) is 0 Å². The Morgan fingerprint density at radius 3 is 2.40 bits per heavy atom. The molecule has 0 amide bonds. The smallest absolute Gasteiger partial charge is 0.0593 e. The molecule has 0 radical (unpaired) electrons. The number of hydrogen-bond acceptors (Lipinski definition) is 3. The minimum atomic E-state index is 0.0876. The van der Waals surface area contributed by atoms with Crippen molar-refractivity contribution in [3.63, 3.8) is 0 Å². The SMILES string of the molecule is Cc1ccsc1C(C(C)N)N(C)Cc1ccc(Cl)cc1. The summed E-state index contributed by atoms with van der Waals surface area (Å²) in [6, 6.07) is 10.5. The average molecular weight is 309 g/mol. The summed E-state index contributed by atoms with van der Waals surface area (Å²) >= 11 is 7.72. The summed E-state index contributed by atoms with van der Waals surface area (Å²) in [4.78, 5) is 3.67. The van der Waals surface area contributed by atoms with Crippen molar-refractivity contribution in [2.24, 2.45) is 5.73 Å². The summed E-state index contributed by atoms with van der Waals surface area (Å²) in [5.41, 5.74) is 8.79. The third-order valence-corrected chi connectivity index (χ3v) is 4.83. The molecule has 4 heteroatoms. The molecule has 0 bridgehead atoms. The molecule has 0 saturated carbocycles. The first kappa shape index (κ1) is 15.5. The van der Waals surface area contributed by atoms with Gasteiger partial charge in [0.1, 0.15) is 0 Å². The number of nitrogens with zero attached hydrogens (tertiary/aromatic N) is 1. The zero-order valence-corrected chi connectivity index (χ0v) is 13.7. The van der Waals surface area contributed by atoms with Gasteiger partial charge in [-0.3, -0.25) is 4.90 Å². The van der Waals surface area contributed by atoms with Crippen molar-refractivity contribution in [3.8, 4) is 0 Å². The van der Waals surface area contributed by atoms with E-state index in [0.717, 1.165) is 11.6 Å². The lowest BCUT2D eigenvalue weighted by atomic mass is 10.0. The summed E-state index contributed by atoms with van der Waals surface area (Å²) in [6.07, 6.45) is 0. The lowest BCUT2D eigenvalue weighted by molar-refractivity contribution is 0.213. The van der Waals surface area contributed by atoms with E-state index in [1.54, 1.807) is 11.3 Å². The number of likely N-dealkylation sites (N-methyl/N-ethyl adjacent to an activating group) is 1. The Balaban J connectivity index is 2.18. The van der Waals surface area contributed by atoms with Crippen molar-refractivity contribution >= 4 is 22.9 Å². The number of rotatable bonds is 5. The fraction of sp³-hybridized carbons (Fsp3) is 0.375. The number of nitrogens with two attached hydrogens (primary N) is 1. The fourth-order valence-electron chi connectivity index (χ4n) is 2.50. The number of thiophene rings is 1. The fourth-order valence-corrected chi connectivity index (χ4v) is 3.84. The second-order valence-corrected chi connectivity index (χ2v) is 6.70. The van der Waals surface area contributed by atoms with E-state index in [2.05, 4.69) is 49.4 Å². The monoisotopic (exact) mass is 308 g/mol. The highest BCUT2D eigenvalue weighted by Gasteiger charge is 2.23. The average Bonchev–Trinajstić information content (AvgIpc) is 2.78. The van der Waals surface area contributed by atoms with Crippen molar-refractivity contribution in [3.05, 3.63) is 56.7 Å². The summed E-state index contributed by atoms with van der Waals surface area (Å²) in [5.74, 6) is 0. The van der Waals surface area contributed by atoms with Crippen LogP contribution in [0.4, 0.5) is 0 Å². The molecule has 2 rings (SSSR count). The van der Waals surface area contributed by atoms with Gasteiger partial charge in [0.15, 0.2) is 0 Å². The van der Waals surface area contributed by atoms with Crippen LogP contribution in [-0.2, 0) is 6.54 Å². The molecule has 20 heavy (non-hydrogen) atoms. The van der Waals surface area contributed by atoms with Crippen molar-refractivity contribution in [2.45, 2.75) is 32.5 Å². The van der Waals surface area contributed by atoms with Gasteiger partial charge in [0, 0.05) is 22.5 Å². The number of aryl methyl sites for hydroxylation is 1. The molecular formula is C16H21ClN2S. The Morgan fingerprint density at radius 1 is 1.25 bits per heavy atom. The summed E-state index contributed by atoms with van der Waals surface area (Å²) in [5, 5.41) is 2.91. The van der Waals surface area contributed by atoms with E-state index < -0.39 is 0 Å². The summed E-state index contributed by atoms with van der Waals surface area (Å²) < 4.78 is 0. The van der Waals surface area contributed by atoms with Gasteiger partial charge in [0.25, 0.3) is 0 Å². The van der Waals surface area contributed by atoms with Gasteiger partial charge in [-0.25, -0.2) is 0 Å². The minimum Gasteiger partial charge on any atom is -0.326 e. The van der Waals surface area contributed by atoms with Crippen LogP contribution in [0.25, 0.3) is 0 Å². The molecule has 2 nitrogen and oxygen atoms in total. The van der Waals surface area contributed by atoms with Crippen molar-refractivity contribution < 1.29 is 0 Å². The van der Waals surface area contributed by atoms with E-state index in [-0.39, 0.29) is 12.1 Å². The largest absolute Gasteiger partial charge is 0.326 e. The topological polar surface area (TPSA) is 29.3 Å². The van der Waals surface area contributed by atoms with Crippen LogP contribution >= 0.6 is 22.9 Å². The maximum Gasteiger partial charge on any atom is 0.0593 e. The first-order chi connectivity index (χ1) is 9.49. The van der Waals surface area contributed by atoms with Crippen LogP contribution in [0.15, 0.2) is 35.7 Å². The zero-order chi connectivity index (χ0) is 14.7. The summed E-state index contributed by atoms with van der Waals surface area (Å²) in [6.45, 7) is 5.08. The first-order valence-electron chi connectivity index (χ1n) is 6.73. The maximum atomic E-state index is 6.22. The molecule has 1 heterocycles. The zero-order valence-electron chi connectivity index (χ0n) is 12.1. The first-order valence-corrected chi connectivity index (χ1v) is 7.99. The highest BCUT2D eigenvalue weighted by atomic mass is 35.5. The maximum absolute atomic E-state index is 6.22. The van der Waals surface area contributed by atoms with Crippen LogP contribution < -0.4 is 5.73 Å². The normalized spacial score (nSPS) is 14.5. The van der Waals surface area contributed by atoms with Crippen LogP contribution in [0.3, 0.4) is 0 Å². The Hall–Kier alpha value is -0.870. The number of benzene rings is 1. The third kappa shape index (κ3) is 3.61. The molecule has 2 unspecified atom stereocenters. The van der Waals surface area contributed by atoms with Gasteiger partial charge in [-0.1, -0.05) is 23.7 Å². The number of hydrogen-bond donors (Lipinski definition) is 1. The van der Waals surface area contributed by atoms with Gasteiger partial charge in [0.2, 0.25) is 0 Å². The second-order valence-electron chi connectivity index (χ2n) is 5.31. The predicted molar refractivity (Wildman–Crippen MR) is 88.4 cm³/mol. The van der Waals surface area contributed by atoms with E-state index in [0.29, 0.717) is 0 Å². The van der Waals surface area contributed by atoms with Gasteiger partial charge < -0.3 is 5.73 Å². The lowest BCUT2D eigenvalue weighted by Crippen LogP contribution is -2.36. The number of halogens is 1. The van der Waals surface area contributed by atoms with Gasteiger partial charge in [-0.05, 0) is 55.6 Å². The van der Waals surface area contributed by atoms with E-state index in [1.807, 2.05) is 12.1 Å². The molecule has 0 spiro atoms. The molecular weight excluding hydrogens is 288 g/mol. The highest BCUT2D eigenvalue weighted by molar-refractivity contribution is 7.10. The molecule has 0 aliphatic heterocycles. The van der Waals surface area contributed by atoms with Crippen LogP contribution in [0, 0.1) is 6.92 Å². The second kappa shape index (κ2) is 6.72. The van der Waals surface area contributed by atoms with Gasteiger partial charge in [0.05, 0.1) is 6.04 Å². The molecule has 0 aliphatic carbocycles. The minimum absolute atomic E-state index is 0.0876. The quantitative estimate of drug-likeness (QED) is 0.895. The van der Waals surface area contributed by atoms with Crippen molar-refractivity contribution in [2.75, 3.05) is 7.05 Å².